The number of carbonyl (C=O) groups is 2. The van der Waals surface area contributed by atoms with E-state index < -0.39 is 5.97 Å². The Bertz CT molecular complexity index is 331. The average Bonchev–Trinajstić information content (AvgIpc) is 2.32. The molecule has 1 saturated heterocycles. The molecule has 0 bridgehead atoms. The SMILES string of the molecule is CC(CCC(=O)O)CNC(=O)N1CCOC(C)(C)C1. The van der Waals surface area contributed by atoms with Gasteiger partial charge in [0.25, 0.3) is 0 Å². The third-order valence-corrected chi connectivity index (χ3v) is 3.17. The molecule has 1 heterocycles. The molecule has 0 spiro atoms. The van der Waals surface area contributed by atoms with Gasteiger partial charge in [-0.15, -0.1) is 0 Å². The lowest BCUT2D eigenvalue weighted by atomic mass is 10.1. The number of aliphatic carboxylic acids is 1. The van der Waals surface area contributed by atoms with E-state index in [1.54, 1.807) is 4.90 Å². The Balaban J connectivity index is 2.29. The number of amides is 2. The summed E-state index contributed by atoms with van der Waals surface area (Å²) in [7, 11) is 0. The zero-order chi connectivity index (χ0) is 14.5. The summed E-state index contributed by atoms with van der Waals surface area (Å²) in [6, 6.07) is -0.0986. The van der Waals surface area contributed by atoms with Crippen molar-refractivity contribution in [3.63, 3.8) is 0 Å². The Labute approximate surface area is 114 Å². The van der Waals surface area contributed by atoms with E-state index >= 15 is 0 Å². The van der Waals surface area contributed by atoms with Crippen LogP contribution < -0.4 is 5.32 Å². The number of ether oxygens (including phenoxy) is 1. The van der Waals surface area contributed by atoms with Crippen LogP contribution in [0.25, 0.3) is 0 Å². The Morgan fingerprint density at radius 2 is 2.16 bits per heavy atom. The van der Waals surface area contributed by atoms with E-state index in [-0.39, 0.29) is 24.0 Å². The maximum absolute atomic E-state index is 12.0. The first-order chi connectivity index (χ1) is 8.80. The van der Waals surface area contributed by atoms with Crippen molar-refractivity contribution in [2.75, 3.05) is 26.2 Å². The van der Waals surface area contributed by atoms with E-state index in [0.29, 0.717) is 32.7 Å². The molecule has 110 valence electrons. The molecular weight excluding hydrogens is 248 g/mol. The Kier molecular flexibility index (Phi) is 5.60. The third-order valence-electron chi connectivity index (χ3n) is 3.17. The molecule has 6 nitrogen and oxygen atoms in total. The molecule has 2 amide bonds. The van der Waals surface area contributed by atoms with Gasteiger partial charge in [-0.05, 0) is 26.2 Å². The number of hydrogen-bond donors (Lipinski definition) is 2. The van der Waals surface area contributed by atoms with Gasteiger partial charge in [0.1, 0.15) is 0 Å². The van der Waals surface area contributed by atoms with Crippen molar-refractivity contribution < 1.29 is 19.4 Å². The minimum absolute atomic E-state index is 0.0986. The number of carbonyl (C=O) groups excluding carboxylic acids is 1. The van der Waals surface area contributed by atoms with Gasteiger partial charge in [0.2, 0.25) is 0 Å². The zero-order valence-corrected chi connectivity index (χ0v) is 11.9. The first kappa shape index (κ1) is 15.8. The van der Waals surface area contributed by atoms with E-state index in [2.05, 4.69) is 5.32 Å². The molecule has 0 radical (unpaired) electrons. The molecular formula is C13H24N2O4. The molecule has 0 aliphatic carbocycles. The summed E-state index contributed by atoms with van der Waals surface area (Å²) in [6.45, 7) is 8.08. The number of nitrogens with one attached hydrogen (secondary N) is 1. The van der Waals surface area contributed by atoms with Crippen LogP contribution in [0.4, 0.5) is 4.79 Å². The Morgan fingerprint density at radius 3 is 2.74 bits per heavy atom. The molecule has 1 unspecified atom stereocenters. The highest BCUT2D eigenvalue weighted by molar-refractivity contribution is 5.74. The van der Waals surface area contributed by atoms with Gasteiger partial charge >= 0.3 is 12.0 Å². The molecule has 0 aromatic rings. The summed E-state index contributed by atoms with van der Waals surface area (Å²) in [5.74, 6) is -0.637. The quantitative estimate of drug-likeness (QED) is 0.791. The molecule has 0 aromatic carbocycles. The fourth-order valence-corrected chi connectivity index (χ4v) is 2.04. The highest BCUT2D eigenvalue weighted by atomic mass is 16.5. The van der Waals surface area contributed by atoms with Gasteiger partial charge in [-0.1, -0.05) is 6.92 Å². The van der Waals surface area contributed by atoms with Crippen LogP contribution in [0.3, 0.4) is 0 Å². The molecule has 1 aliphatic heterocycles. The van der Waals surface area contributed by atoms with Crippen molar-refractivity contribution in [2.24, 2.45) is 5.92 Å². The number of rotatable bonds is 5. The third kappa shape index (κ3) is 5.92. The van der Waals surface area contributed by atoms with Gasteiger partial charge < -0.3 is 20.1 Å². The number of hydrogen-bond acceptors (Lipinski definition) is 3. The Morgan fingerprint density at radius 1 is 1.47 bits per heavy atom. The fraction of sp³-hybridized carbons (Fsp3) is 0.846. The van der Waals surface area contributed by atoms with Crippen molar-refractivity contribution in [3.8, 4) is 0 Å². The first-order valence-corrected chi connectivity index (χ1v) is 6.69. The highest BCUT2D eigenvalue weighted by Crippen LogP contribution is 2.16. The van der Waals surface area contributed by atoms with Gasteiger partial charge in [-0.25, -0.2) is 4.79 Å². The van der Waals surface area contributed by atoms with E-state index in [1.165, 1.54) is 0 Å². The van der Waals surface area contributed by atoms with Crippen LogP contribution in [-0.4, -0.2) is 53.8 Å². The second kappa shape index (κ2) is 6.75. The lowest BCUT2D eigenvalue weighted by Crippen LogP contribution is -2.53. The number of urea groups is 1. The number of morpholine rings is 1. The van der Waals surface area contributed by atoms with Crippen LogP contribution in [0.2, 0.25) is 0 Å². The van der Waals surface area contributed by atoms with E-state index in [0.717, 1.165) is 0 Å². The van der Waals surface area contributed by atoms with Crippen LogP contribution in [0.5, 0.6) is 0 Å². The maximum Gasteiger partial charge on any atom is 0.317 e. The highest BCUT2D eigenvalue weighted by Gasteiger charge is 2.29. The smallest absolute Gasteiger partial charge is 0.317 e. The maximum atomic E-state index is 12.0. The molecule has 0 aromatic heterocycles. The lowest BCUT2D eigenvalue weighted by molar-refractivity contribution is -0.137. The first-order valence-electron chi connectivity index (χ1n) is 6.69. The fourth-order valence-electron chi connectivity index (χ4n) is 2.04. The van der Waals surface area contributed by atoms with Crippen LogP contribution >= 0.6 is 0 Å². The number of carboxylic acids is 1. The molecule has 1 atom stereocenters. The minimum atomic E-state index is -0.798. The summed E-state index contributed by atoms with van der Waals surface area (Å²) in [5, 5.41) is 11.4. The largest absolute Gasteiger partial charge is 0.481 e. The minimum Gasteiger partial charge on any atom is -0.481 e. The van der Waals surface area contributed by atoms with Crippen molar-refractivity contribution in [3.05, 3.63) is 0 Å². The molecule has 2 N–H and O–H groups in total. The van der Waals surface area contributed by atoms with Crippen LogP contribution in [0, 0.1) is 5.92 Å². The predicted octanol–water partition coefficient (Wildman–Crippen LogP) is 1.31. The van der Waals surface area contributed by atoms with E-state index in [4.69, 9.17) is 9.84 Å². The van der Waals surface area contributed by atoms with Gasteiger partial charge in [-0.3, -0.25) is 4.79 Å². The molecule has 1 aliphatic rings. The second-order valence-electron chi connectivity index (χ2n) is 5.75. The molecule has 0 saturated carbocycles. The molecule has 19 heavy (non-hydrogen) atoms. The predicted molar refractivity (Wildman–Crippen MR) is 71.0 cm³/mol. The normalized spacial score (nSPS) is 19.8. The summed E-state index contributed by atoms with van der Waals surface area (Å²) < 4.78 is 5.55. The van der Waals surface area contributed by atoms with Crippen LogP contribution in [0.1, 0.15) is 33.6 Å². The van der Waals surface area contributed by atoms with Gasteiger partial charge in [0.15, 0.2) is 0 Å². The van der Waals surface area contributed by atoms with Gasteiger partial charge in [-0.2, -0.15) is 0 Å². The zero-order valence-electron chi connectivity index (χ0n) is 11.9. The molecule has 1 fully saturated rings. The van der Waals surface area contributed by atoms with Crippen molar-refractivity contribution in [1.29, 1.82) is 0 Å². The lowest BCUT2D eigenvalue weighted by Gasteiger charge is -2.38. The average molecular weight is 272 g/mol. The standard InChI is InChI=1S/C13H24N2O4/c1-10(4-5-11(16)17)8-14-12(18)15-6-7-19-13(2,3)9-15/h10H,4-9H2,1-3H3,(H,14,18)(H,16,17). The summed E-state index contributed by atoms with van der Waals surface area (Å²) in [4.78, 5) is 24.2. The van der Waals surface area contributed by atoms with Crippen LogP contribution in [-0.2, 0) is 9.53 Å². The van der Waals surface area contributed by atoms with E-state index in [9.17, 15) is 9.59 Å². The van der Waals surface area contributed by atoms with Gasteiger partial charge in [0, 0.05) is 19.5 Å². The topological polar surface area (TPSA) is 78.9 Å². The number of nitrogens with zero attached hydrogens (tertiary/aromatic N) is 1. The Hall–Kier alpha value is -1.30. The van der Waals surface area contributed by atoms with Crippen molar-refractivity contribution in [2.45, 2.75) is 39.2 Å². The van der Waals surface area contributed by atoms with Crippen molar-refractivity contribution >= 4 is 12.0 Å². The van der Waals surface area contributed by atoms with Gasteiger partial charge in [0.05, 0.1) is 18.8 Å². The number of carboxylic acid groups (broad SMARTS) is 1. The van der Waals surface area contributed by atoms with Crippen molar-refractivity contribution in [1.82, 2.24) is 10.2 Å². The summed E-state index contributed by atoms with van der Waals surface area (Å²) in [5.41, 5.74) is -0.301. The van der Waals surface area contributed by atoms with E-state index in [1.807, 2.05) is 20.8 Å². The van der Waals surface area contributed by atoms with Crippen LogP contribution in [0.15, 0.2) is 0 Å². The molecule has 1 rings (SSSR count). The molecule has 6 heteroatoms. The second-order valence-corrected chi connectivity index (χ2v) is 5.75. The monoisotopic (exact) mass is 272 g/mol. The summed E-state index contributed by atoms with van der Waals surface area (Å²) >= 11 is 0. The summed E-state index contributed by atoms with van der Waals surface area (Å²) in [6.07, 6.45) is 0.714.